The van der Waals surface area contributed by atoms with Gasteiger partial charge in [0.2, 0.25) is 0 Å². The second-order valence-electron chi connectivity index (χ2n) is 4.25. The summed E-state index contributed by atoms with van der Waals surface area (Å²) >= 11 is 0. The Morgan fingerprint density at radius 1 is 1.42 bits per heavy atom. The molecule has 2 aromatic heterocycles. The predicted molar refractivity (Wildman–Crippen MR) is 68.5 cm³/mol. The molecule has 1 aromatic carbocycles. The molecular formula is C13H12N4O2. The molecule has 0 saturated heterocycles. The molecule has 6 heteroatoms. The average Bonchev–Trinajstić information content (AvgIpc) is 3.03. The summed E-state index contributed by atoms with van der Waals surface area (Å²) < 4.78 is 5.03. The van der Waals surface area contributed by atoms with E-state index in [1.807, 2.05) is 6.92 Å². The number of imidazole rings is 1. The molecule has 0 spiro atoms. The van der Waals surface area contributed by atoms with Gasteiger partial charge in [-0.2, -0.15) is 0 Å². The van der Waals surface area contributed by atoms with E-state index in [-0.39, 0.29) is 5.91 Å². The number of H-pyrrole nitrogens is 1. The van der Waals surface area contributed by atoms with Crippen LogP contribution in [0.1, 0.15) is 21.8 Å². The quantitative estimate of drug-likeness (QED) is 0.748. The minimum atomic E-state index is -0.162. The molecule has 0 radical (unpaired) electrons. The maximum atomic E-state index is 12.0. The lowest BCUT2D eigenvalue weighted by molar-refractivity contribution is 0.0947. The third-order valence-corrected chi connectivity index (χ3v) is 2.78. The molecule has 0 fully saturated rings. The van der Waals surface area contributed by atoms with Crippen LogP contribution in [0.15, 0.2) is 35.1 Å². The van der Waals surface area contributed by atoms with Crippen LogP contribution in [0, 0.1) is 6.92 Å². The fourth-order valence-electron chi connectivity index (χ4n) is 1.85. The Hall–Kier alpha value is -2.63. The van der Waals surface area contributed by atoms with Crippen LogP contribution in [-0.4, -0.2) is 21.0 Å². The zero-order valence-electron chi connectivity index (χ0n) is 10.3. The van der Waals surface area contributed by atoms with E-state index in [0.29, 0.717) is 17.9 Å². The first kappa shape index (κ1) is 11.5. The number of rotatable bonds is 3. The molecule has 19 heavy (non-hydrogen) atoms. The van der Waals surface area contributed by atoms with E-state index in [0.717, 1.165) is 16.7 Å². The van der Waals surface area contributed by atoms with E-state index in [9.17, 15) is 4.79 Å². The van der Waals surface area contributed by atoms with Gasteiger partial charge in [0.1, 0.15) is 0 Å². The van der Waals surface area contributed by atoms with Gasteiger partial charge in [0.15, 0.2) is 5.76 Å². The standard InChI is InChI=1S/C13H12N4O2/c1-8-4-10(19-17-8)6-14-13(18)9-2-3-11-12(5-9)16-7-15-11/h2-5,7H,6H2,1H3,(H,14,18)(H,15,16). The molecule has 6 nitrogen and oxygen atoms in total. The molecule has 2 N–H and O–H groups in total. The third-order valence-electron chi connectivity index (χ3n) is 2.78. The highest BCUT2D eigenvalue weighted by atomic mass is 16.5. The highest BCUT2D eigenvalue weighted by molar-refractivity contribution is 5.97. The van der Waals surface area contributed by atoms with Gasteiger partial charge in [-0.25, -0.2) is 4.98 Å². The summed E-state index contributed by atoms with van der Waals surface area (Å²) in [6, 6.07) is 7.10. The predicted octanol–water partition coefficient (Wildman–Crippen LogP) is 1.79. The first-order valence-corrected chi connectivity index (χ1v) is 5.86. The summed E-state index contributed by atoms with van der Waals surface area (Å²) in [4.78, 5) is 19.1. The fraction of sp³-hybridized carbons (Fsp3) is 0.154. The third kappa shape index (κ3) is 2.33. The number of hydrogen-bond donors (Lipinski definition) is 2. The first-order chi connectivity index (χ1) is 9.22. The lowest BCUT2D eigenvalue weighted by atomic mass is 10.2. The number of aryl methyl sites for hydroxylation is 1. The van der Waals surface area contributed by atoms with Gasteiger partial charge in [-0.15, -0.1) is 0 Å². The molecule has 0 atom stereocenters. The van der Waals surface area contributed by atoms with E-state index in [1.54, 1.807) is 30.6 Å². The van der Waals surface area contributed by atoms with Crippen molar-refractivity contribution in [2.75, 3.05) is 0 Å². The molecule has 0 saturated carbocycles. The van der Waals surface area contributed by atoms with E-state index < -0.39 is 0 Å². The lowest BCUT2D eigenvalue weighted by Gasteiger charge is -2.02. The summed E-state index contributed by atoms with van der Waals surface area (Å²) in [6.07, 6.45) is 1.60. The highest BCUT2D eigenvalue weighted by Crippen LogP contribution is 2.11. The fourth-order valence-corrected chi connectivity index (χ4v) is 1.85. The van der Waals surface area contributed by atoms with Crippen molar-refractivity contribution in [2.45, 2.75) is 13.5 Å². The largest absolute Gasteiger partial charge is 0.359 e. The van der Waals surface area contributed by atoms with E-state index in [2.05, 4.69) is 20.4 Å². The minimum absolute atomic E-state index is 0.162. The van der Waals surface area contributed by atoms with Gasteiger partial charge in [-0.05, 0) is 25.1 Å². The molecule has 0 aliphatic heterocycles. The molecule has 96 valence electrons. The van der Waals surface area contributed by atoms with Crippen LogP contribution >= 0.6 is 0 Å². The van der Waals surface area contributed by atoms with Crippen LogP contribution in [-0.2, 0) is 6.54 Å². The van der Waals surface area contributed by atoms with Crippen LogP contribution in [0.3, 0.4) is 0 Å². The molecule has 0 bridgehead atoms. The molecule has 2 heterocycles. The Morgan fingerprint density at radius 3 is 3.11 bits per heavy atom. The molecule has 0 aliphatic rings. The van der Waals surface area contributed by atoms with Crippen molar-refractivity contribution in [3.8, 4) is 0 Å². The Bertz CT molecular complexity index is 729. The van der Waals surface area contributed by atoms with Crippen molar-refractivity contribution in [1.82, 2.24) is 20.4 Å². The Morgan fingerprint density at radius 2 is 2.32 bits per heavy atom. The van der Waals surface area contributed by atoms with Gasteiger partial charge < -0.3 is 14.8 Å². The zero-order valence-corrected chi connectivity index (χ0v) is 10.3. The van der Waals surface area contributed by atoms with Crippen LogP contribution in [0.5, 0.6) is 0 Å². The normalized spacial score (nSPS) is 10.8. The van der Waals surface area contributed by atoms with Crippen molar-refractivity contribution < 1.29 is 9.32 Å². The first-order valence-electron chi connectivity index (χ1n) is 5.86. The van der Waals surface area contributed by atoms with E-state index in [1.165, 1.54) is 0 Å². The van der Waals surface area contributed by atoms with E-state index in [4.69, 9.17) is 4.52 Å². The van der Waals surface area contributed by atoms with Gasteiger partial charge >= 0.3 is 0 Å². The smallest absolute Gasteiger partial charge is 0.251 e. The van der Waals surface area contributed by atoms with E-state index >= 15 is 0 Å². The summed E-state index contributed by atoms with van der Waals surface area (Å²) in [5.74, 6) is 0.471. The molecule has 3 aromatic rings. The highest BCUT2D eigenvalue weighted by Gasteiger charge is 2.08. The minimum Gasteiger partial charge on any atom is -0.359 e. The summed E-state index contributed by atoms with van der Waals surface area (Å²) in [5.41, 5.74) is 3.04. The van der Waals surface area contributed by atoms with Crippen LogP contribution in [0.25, 0.3) is 11.0 Å². The number of carbonyl (C=O) groups excluding carboxylic acids is 1. The van der Waals surface area contributed by atoms with Crippen molar-refractivity contribution >= 4 is 16.9 Å². The lowest BCUT2D eigenvalue weighted by Crippen LogP contribution is -2.22. The summed E-state index contributed by atoms with van der Waals surface area (Å²) in [5, 5.41) is 6.54. The van der Waals surface area contributed by atoms with Crippen molar-refractivity contribution in [2.24, 2.45) is 0 Å². The second-order valence-corrected chi connectivity index (χ2v) is 4.25. The average molecular weight is 256 g/mol. The second kappa shape index (κ2) is 4.56. The van der Waals surface area contributed by atoms with Gasteiger partial charge in [-0.1, -0.05) is 5.16 Å². The number of aromatic amines is 1. The number of benzene rings is 1. The summed E-state index contributed by atoms with van der Waals surface area (Å²) in [7, 11) is 0. The Labute approximate surface area is 108 Å². The van der Waals surface area contributed by atoms with Gasteiger partial charge in [-0.3, -0.25) is 4.79 Å². The molecule has 1 amide bonds. The SMILES string of the molecule is Cc1cc(CNC(=O)c2ccc3nc[nH]c3c2)on1. The van der Waals surface area contributed by atoms with Gasteiger partial charge in [0.25, 0.3) is 5.91 Å². The number of hydrogen-bond acceptors (Lipinski definition) is 4. The molecular weight excluding hydrogens is 244 g/mol. The van der Waals surface area contributed by atoms with Crippen LogP contribution < -0.4 is 5.32 Å². The van der Waals surface area contributed by atoms with Crippen LogP contribution in [0.4, 0.5) is 0 Å². The molecule has 0 unspecified atom stereocenters. The van der Waals surface area contributed by atoms with Gasteiger partial charge in [0, 0.05) is 11.6 Å². The van der Waals surface area contributed by atoms with Crippen molar-refractivity contribution in [3.63, 3.8) is 0 Å². The van der Waals surface area contributed by atoms with Crippen molar-refractivity contribution in [3.05, 3.63) is 47.6 Å². The summed E-state index contributed by atoms with van der Waals surface area (Å²) in [6.45, 7) is 2.15. The zero-order chi connectivity index (χ0) is 13.2. The number of nitrogens with zero attached hydrogens (tertiary/aromatic N) is 2. The number of aromatic nitrogens is 3. The Kier molecular flexibility index (Phi) is 2.75. The number of nitrogens with one attached hydrogen (secondary N) is 2. The van der Waals surface area contributed by atoms with Crippen LogP contribution in [0.2, 0.25) is 0 Å². The Balaban J connectivity index is 1.72. The van der Waals surface area contributed by atoms with Gasteiger partial charge in [0.05, 0.1) is 29.6 Å². The maximum Gasteiger partial charge on any atom is 0.251 e. The van der Waals surface area contributed by atoms with Crippen molar-refractivity contribution in [1.29, 1.82) is 0 Å². The number of carbonyl (C=O) groups is 1. The number of fused-ring (bicyclic) bond motifs is 1. The number of amides is 1. The topological polar surface area (TPSA) is 83.8 Å². The molecule has 0 aliphatic carbocycles. The monoisotopic (exact) mass is 256 g/mol. The maximum absolute atomic E-state index is 12.0. The molecule has 3 rings (SSSR count).